The second kappa shape index (κ2) is 7.48. The second-order valence-electron chi connectivity index (χ2n) is 6.41. The van der Waals surface area contributed by atoms with Crippen LogP contribution in [-0.4, -0.2) is 40.5 Å². The van der Waals surface area contributed by atoms with Gasteiger partial charge in [-0.25, -0.2) is 4.79 Å². The number of hydrogen-bond acceptors (Lipinski definition) is 6. The summed E-state index contributed by atoms with van der Waals surface area (Å²) in [5, 5.41) is 11.1. The summed E-state index contributed by atoms with van der Waals surface area (Å²) in [6.07, 6.45) is 0. The largest absolute Gasteiger partial charge is 0.478 e. The number of hydrogen-bond donors (Lipinski definition) is 3. The van der Waals surface area contributed by atoms with Crippen LogP contribution in [0.1, 0.15) is 15.9 Å². The van der Waals surface area contributed by atoms with Gasteiger partial charge in [-0.15, -0.1) is 0 Å². The molecule has 2 aromatic rings. The lowest BCUT2D eigenvalue weighted by Gasteiger charge is -2.17. The number of carboxylic acids is 1. The number of carbonyl (C=O) groups is 4. The molecule has 0 atom stereocenters. The van der Waals surface area contributed by atoms with Crippen molar-refractivity contribution in [3.8, 4) is 0 Å². The number of carbonyl (C=O) groups excluding carboxylic acids is 3. The molecule has 3 amide bonds. The van der Waals surface area contributed by atoms with Crippen molar-refractivity contribution in [2.24, 2.45) is 10.7 Å². The quantitative estimate of drug-likeness (QED) is 0.642. The summed E-state index contributed by atoms with van der Waals surface area (Å²) in [6, 6.07) is 12.6. The summed E-state index contributed by atoms with van der Waals surface area (Å²) in [5.74, 6) is -2.01. The van der Waals surface area contributed by atoms with Gasteiger partial charge in [0.05, 0.1) is 21.7 Å². The zero-order valence-corrected chi connectivity index (χ0v) is 16.1. The molecule has 10 heteroatoms. The van der Waals surface area contributed by atoms with Gasteiger partial charge in [-0.05, 0) is 42.1 Å². The Balaban J connectivity index is 1.59. The SMILES string of the molecule is NC1=NC(=O)S/C1=C1/C(=O)N(CC(=O)Nc2ccc(C(=O)O)cc2)c2ccccc21. The standard InChI is InChI=1S/C20H14N4O5S/c21-17-16(30-20(29)23-17)15-12-3-1-2-4-13(12)24(18(15)26)9-14(25)22-11-7-5-10(6-8-11)19(27)28/h1-8H,9H2,(H,22,25)(H,27,28)(H2,21,23,29)/b16-15+. The summed E-state index contributed by atoms with van der Waals surface area (Å²) in [4.78, 5) is 53.4. The summed E-state index contributed by atoms with van der Waals surface area (Å²) >= 11 is 0.781. The third kappa shape index (κ3) is 3.44. The molecule has 0 bridgehead atoms. The number of nitrogens with zero attached hydrogens (tertiary/aromatic N) is 2. The number of aromatic carboxylic acids is 1. The van der Waals surface area contributed by atoms with Crippen LogP contribution in [0.25, 0.3) is 5.57 Å². The van der Waals surface area contributed by atoms with Crippen LogP contribution in [-0.2, 0) is 9.59 Å². The van der Waals surface area contributed by atoms with Gasteiger partial charge in [-0.3, -0.25) is 19.3 Å². The molecule has 4 N–H and O–H groups in total. The molecule has 0 saturated carbocycles. The summed E-state index contributed by atoms with van der Waals surface area (Å²) in [6.45, 7) is -0.275. The van der Waals surface area contributed by atoms with E-state index in [4.69, 9.17) is 10.8 Å². The summed E-state index contributed by atoms with van der Waals surface area (Å²) in [7, 11) is 0. The van der Waals surface area contributed by atoms with Gasteiger partial charge < -0.3 is 16.2 Å². The summed E-state index contributed by atoms with van der Waals surface area (Å²) in [5.41, 5.74) is 7.63. The molecule has 0 radical (unpaired) electrons. The first-order valence-corrected chi connectivity index (χ1v) is 9.52. The molecule has 9 nitrogen and oxygen atoms in total. The van der Waals surface area contributed by atoms with E-state index < -0.39 is 23.0 Å². The van der Waals surface area contributed by atoms with Crippen molar-refractivity contribution in [2.75, 3.05) is 16.8 Å². The van der Waals surface area contributed by atoms with Gasteiger partial charge in [0, 0.05) is 11.3 Å². The molecule has 0 saturated heterocycles. The van der Waals surface area contributed by atoms with Gasteiger partial charge in [0.2, 0.25) is 5.91 Å². The molecule has 0 unspecified atom stereocenters. The molecule has 2 aliphatic rings. The van der Waals surface area contributed by atoms with E-state index in [0.717, 1.165) is 11.8 Å². The Morgan fingerprint density at radius 2 is 1.80 bits per heavy atom. The first kappa shape index (κ1) is 19.4. The molecular formula is C20H14N4O5S. The third-order valence-corrected chi connectivity index (χ3v) is 5.38. The molecule has 0 fully saturated rings. The number of benzene rings is 2. The molecule has 2 aromatic carbocycles. The van der Waals surface area contributed by atoms with Crippen LogP contribution in [0.15, 0.2) is 58.4 Å². The monoisotopic (exact) mass is 422 g/mol. The smallest absolute Gasteiger partial charge is 0.335 e. The van der Waals surface area contributed by atoms with Gasteiger partial charge >= 0.3 is 11.2 Å². The molecule has 2 heterocycles. The normalized spacial score (nSPS) is 17.7. The van der Waals surface area contributed by atoms with Gasteiger partial charge in [0.15, 0.2) is 0 Å². The fourth-order valence-electron chi connectivity index (χ4n) is 3.19. The number of nitrogens with two attached hydrogens (primary N) is 1. The molecule has 4 rings (SSSR count). The Labute approximate surface area is 174 Å². The minimum absolute atomic E-state index is 0.0204. The van der Waals surface area contributed by atoms with Crippen LogP contribution in [0.5, 0.6) is 0 Å². The first-order chi connectivity index (χ1) is 14.3. The van der Waals surface area contributed by atoms with Gasteiger partial charge in [0.25, 0.3) is 5.91 Å². The fraction of sp³-hybridized carbons (Fsp3) is 0.0500. The van der Waals surface area contributed by atoms with Crippen molar-refractivity contribution in [3.63, 3.8) is 0 Å². The predicted octanol–water partition coefficient (Wildman–Crippen LogP) is 2.31. The van der Waals surface area contributed by atoms with Gasteiger partial charge in [-0.2, -0.15) is 4.99 Å². The zero-order valence-electron chi connectivity index (χ0n) is 15.3. The second-order valence-corrected chi connectivity index (χ2v) is 7.37. The van der Waals surface area contributed by atoms with Crippen LogP contribution < -0.4 is 16.0 Å². The van der Waals surface area contributed by atoms with Crippen molar-refractivity contribution in [1.82, 2.24) is 0 Å². The Morgan fingerprint density at radius 3 is 2.43 bits per heavy atom. The number of nitrogens with one attached hydrogen (secondary N) is 1. The molecule has 0 aromatic heterocycles. The van der Waals surface area contributed by atoms with Crippen molar-refractivity contribution >= 4 is 57.6 Å². The Bertz CT molecular complexity index is 1170. The number of fused-ring (bicyclic) bond motifs is 1. The van der Waals surface area contributed by atoms with Gasteiger partial charge in [-0.1, -0.05) is 18.2 Å². The maximum Gasteiger partial charge on any atom is 0.335 e. The number of rotatable bonds is 4. The van der Waals surface area contributed by atoms with Crippen LogP contribution in [0.2, 0.25) is 0 Å². The number of thioether (sulfide) groups is 1. The van der Waals surface area contributed by atoms with E-state index in [1.165, 1.54) is 29.2 Å². The topological polar surface area (TPSA) is 142 Å². The highest BCUT2D eigenvalue weighted by atomic mass is 32.2. The minimum Gasteiger partial charge on any atom is -0.478 e. The highest BCUT2D eigenvalue weighted by Gasteiger charge is 2.38. The molecule has 30 heavy (non-hydrogen) atoms. The van der Waals surface area contributed by atoms with Crippen LogP contribution in [0.3, 0.4) is 0 Å². The Morgan fingerprint density at radius 1 is 1.10 bits per heavy atom. The van der Waals surface area contributed by atoms with Crippen LogP contribution in [0.4, 0.5) is 16.2 Å². The first-order valence-electron chi connectivity index (χ1n) is 8.70. The molecule has 0 aliphatic carbocycles. The molecule has 150 valence electrons. The average molecular weight is 422 g/mol. The number of amides is 3. The highest BCUT2D eigenvalue weighted by molar-refractivity contribution is 8.18. The van der Waals surface area contributed by atoms with E-state index in [1.54, 1.807) is 24.3 Å². The van der Waals surface area contributed by atoms with Crippen molar-refractivity contribution < 1.29 is 24.3 Å². The van der Waals surface area contributed by atoms with Gasteiger partial charge in [0.1, 0.15) is 12.4 Å². The predicted molar refractivity (Wildman–Crippen MR) is 112 cm³/mol. The Kier molecular flexibility index (Phi) is 4.84. The fourth-order valence-corrected chi connectivity index (χ4v) is 3.96. The lowest BCUT2D eigenvalue weighted by molar-refractivity contribution is -0.118. The van der Waals surface area contributed by atoms with E-state index in [-0.39, 0.29) is 28.4 Å². The summed E-state index contributed by atoms with van der Waals surface area (Å²) < 4.78 is 0. The van der Waals surface area contributed by atoms with Crippen molar-refractivity contribution in [2.45, 2.75) is 0 Å². The molecular weight excluding hydrogens is 408 g/mol. The van der Waals surface area contributed by atoms with Crippen LogP contribution in [0, 0.1) is 0 Å². The number of carboxylic acid groups (broad SMARTS) is 1. The molecule has 0 spiro atoms. The minimum atomic E-state index is -1.07. The van der Waals surface area contributed by atoms with Crippen LogP contribution >= 0.6 is 11.8 Å². The number of amidine groups is 1. The van der Waals surface area contributed by atoms with Crippen molar-refractivity contribution in [1.29, 1.82) is 0 Å². The molecule has 2 aliphatic heterocycles. The van der Waals surface area contributed by atoms with E-state index in [2.05, 4.69) is 10.3 Å². The van der Waals surface area contributed by atoms with E-state index >= 15 is 0 Å². The number of anilines is 2. The number of para-hydroxylation sites is 1. The van der Waals surface area contributed by atoms with Crippen molar-refractivity contribution in [3.05, 3.63) is 64.6 Å². The average Bonchev–Trinajstić information content (AvgIpc) is 3.18. The highest BCUT2D eigenvalue weighted by Crippen LogP contribution is 2.42. The van der Waals surface area contributed by atoms with E-state index in [1.807, 2.05) is 0 Å². The maximum absolute atomic E-state index is 13.1. The van der Waals surface area contributed by atoms with E-state index in [0.29, 0.717) is 16.9 Å². The lowest BCUT2D eigenvalue weighted by Crippen LogP contribution is -2.35. The number of aliphatic imine (C=N–C) groups is 1. The maximum atomic E-state index is 13.1. The van der Waals surface area contributed by atoms with E-state index in [9.17, 15) is 19.2 Å². The Hall–Kier alpha value is -3.92. The lowest BCUT2D eigenvalue weighted by atomic mass is 10.1. The third-order valence-electron chi connectivity index (χ3n) is 4.50. The zero-order chi connectivity index (χ0) is 21.4.